The molecular formula is C17H23N5O6. The predicted octanol–water partition coefficient (Wildman–Crippen LogP) is -0.747. The largest absolute Gasteiger partial charge is 0.481 e. The maximum absolute atomic E-state index is 12.0. The average Bonchev–Trinajstić information content (AvgIpc) is 3.08. The molecule has 152 valence electrons. The molecule has 0 saturated carbocycles. The molecule has 1 heterocycles. The third-order valence-electron chi connectivity index (χ3n) is 3.73. The lowest BCUT2D eigenvalue weighted by Crippen LogP contribution is -2.52. The second kappa shape index (κ2) is 10.1. The van der Waals surface area contributed by atoms with Gasteiger partial charge in [0.2, 0.25) is 0 Å². The van der Waals surface area contributed by atoms with Crippen LogP contribution in [0.4, 0.5) is 0 Å². The van der Waals surface area contributed by atoms with Crippen molar-refractivity contribution < 1.29 is 29.4 Å². The number of amidine groups is 1. The Morgan fingerprint density at radius 3 is 2.21 bits per heavy atom. The van der Waals surface area contributed by atoms with Crippen LogP contribution in [0.1, 0.15) is 30.9 Å². The number of carboxylic acid groups (broad SMARTS) is 2. The van der Waals surface area contributed by atoms with Crippen LogP contribution in [0, 0.1) is 5.41 Å². The van der Waals surface area contributed by atoms with E-state index in [0.717, 1.165) is 12.5 Å². The summed E-state index contributed by atoms with van der Waals surface area (Å²) >= 11 is 0. The lowest BCUT2D eigenvalue weighted by molar-refractivity contribution is -0.141. The van der Waals surface area contributed by atoms with E-state index in [1.165, 1.54) is 0 Å². The molecule has 1 aromatic rings. The summed E-state index contributed by atoms with van der Waals surface area (Å²) in [6, 6.07) is 4.18. The maximum Gasteiger partial charge on any atom is 0.322 e. The van der Waals surface area contributed by atoms with Crippen LogP contribution in [0.25, 0.3) is 0 Å². The number of nitrogens with two attached hydrogens (primary N) is 3. The van der Waals surface area contributed by atoms with Crippen molar-refractivity contribution in [3.63, 3.8) is 0 Å². The first kappa shape index (κ1) is 22.7. The number of carbonyl (C=O) groups excluding carboxylic acids is 1. The van der Waals surface area contributed by atoms with E-state index in [1.807, 2.05) is 0 Å². The number of hydrogen-bond acceptors (Lipinski definition) is 8. The standard InChI is InChI=1S/C15H19N5O4.C2H4O2/c16-12(13(17)15(22)23)11(21)6-9-5-10(20-24-9)7-1-3-8(4-2-7)14(18)19;1-2(3)4/h1-4,9,12-13H,5-6,16-17H2,(H3,18,19)(H,22,23);1H3,(H,3,4)/t9-,12?,13+;/m1./s1. The maximum atomic E-state index is 12.0. The number of rotatable bonds is 7. The van der Waals surface area contributed by atoms with Crippen LogP contribution in [-0.4, -0.2) is 57.7 Å². The van der Waals surface area contributed by atoms with E-state index in [0.29, 0.717) is 17.7 Å². The zero-order valence-corrected chi connectivity index (χ0v) is 15.2. The topological polar surface area (TPSA) is 215 Å². The Morgan fingerprint density at radius 2 is 1.75 bits per heavy atom. The van der Waals surface area contributed by atoms with Gasteiger partial charge in [-0.25, -0.2) is 0 Å². The van der Waals surface area contributed by atoms with Gasteiger partial charge >= 0.3 is 5.97 Å². The average molecular weight is 393 g/mol. The van der Waals surface area contributed by atoms with Gasteiger partial charge < -0.3 is 32.3 Å². The fourth-order valence-electron chi connectivity index (χ4n) is 2.26. The van der Waals surface area contributed by atoms with Gasteiger partial charge in [0.1, 0.15) is 18.0 Å². The Labute approximate surface area is 160 Å². The molecule has 0 aromatic heterocycles. The molecule has 1 aromatic carbocycles. The first-order valence-electron chi connectivity index (χ1n) is 8.16. The number of oxime groups is 1. The molecule has 1 unspecified atom stereocenters. The van der Waals surface area contributed by atoms with E-state index >= 15 is 0 Å². The number of hydrogen-bond donors (Lipinski definition) is 6. The Hall–Kier alpha value is -3.31. The number of carbonyl (C=O) groups is 3. The minimum Gasteiger partial charge on any atom is -0.481 e. The molecule has 0 aliphatic carbocycles. The Bertz CT molecular complexity index is 773. The number of benzene rings is 1. The molecule has 2 rings (SSSR count). The summed E-state index contributed by atoms with van der Waals surface area (Å²) in [4.78, 5) is 36.9. The number of nitrogens with one attached hydrogen (secondary N) is 1. The van der Waals surface area contributed by atoms with Crippen molar-refractivity contribution in [2.24, 2.45) is 22.4 Å². The fraction of sp³-hybridized carbons (Fsp3) is 0.353. The van der Waals surface area contributed by atoms with Crippen LogP contribution in [0.5, 0.6) is 0 Å². The molecule has 0 bridgehead atoms. The molecule has 11 nitrogen and oxygen atoms in total. The van der Waals surface area contributed by atoms with Gasteiger partial charge in [-0.2, -0.15) is 0 Å². The van der Waals surface area contributed by atoms with E-state index in [1.54, 1.807) is 24.3 Å². The van der Waals surface area contributed by atoms with Gasteiger partial charge in [-0.05, 0) is 5.56 Å². The summed E-state index contributed by atoms with van der Waals surface area (Å²) in [7, 11) is 0. The molecule has 28 heavy (non-hydrogen) atoms. The summed E-state index contributed by atoms with van der Waals surface area (Å²) in [5.41, 5.74) is 18.3. The van der Waals surface area contributed by atoms with Crippen molar-refractivity contribution in [3.05, 3.63) is 35.4 Å². The lowest BCUT2D eigenvalue weighted by Gasteiger charge is -2.16. The van der Waals surface area contributed by atoms with Crippen molar-refractivity contribution in [1.82, 2.24) is 0 Å². The molecule has 0 fully saturated rings. The molecule has 0 amide bonds. The number of aliphatic carboxylic acids is 2. The normalized spacial score (nSPS) is 17.2. The molecule has 1 aliphatic rings. The lowest BCUT2D eigenvalue weighted by atomic mass is 9.97. The molecule has 0 radical (unpaired) electrons. The second-order valence-electron chi connectivity index (χ2n) is 6.04. The van der Waals surface area contributed by atoms with Crippen LogP contribution in [0.15, 0.2) is 29.4 Å². The monoisotopic (exact) mass is 393 g/mol. The van der Waals surface area contributed by atoms with Crippen molar-refractivity contribution >= 4 is 29.3 Å². The van der Waals surface area contributed by atoms with Gasteiger partial charge in [-0.3, -0.25) is 19.8 Å². The molecule has 0 spiro atoms. The molecule has 11 heteroatoms. The fourth-order valence-corrected chi connectivity index (χ4v) is 2.26. The third kappa shape index (κ3) is 6.78. The van der Waals surface area contributed by atoms with Crippen molar-refractivity contribution in [1.29, 1.82) is 5.41 Å². The molecular weight excluding hydrogens is 370 g/mol. The highest BCUT2D eigenvalue weighted by Gasteiger charge is 2.31. The highest BCUT2D eigenvalue weighted by atomic mass is 16.6. The zero-order valence-electron chi connectivity index (χ0n) is 15.2. The minimum absolute atomic E-state index is 0.0293. The predicted molar refractivity (Wildman–Crippen MR) is 100 cm³/mol. The highest BCUT2D eigenvalue weighted by molar-refractivity contribution is 6.03. The molecule has 9 N–H and O–H groups in total. The molecule has 3 atom stereocenters. The van der Waals surface area contributed by atoms with Gasteiger partial charge in [0.05, 0.1) is 11.8 Å². The number of Topliss-reactive ketones (excluding diaryl/α,β-unsaturated/α-hetero) is 1. The van der Waals surface area contributed by atoms with E-state index in [-0.39, 0.29) is 12.3 Å². The van der Waals surface area contributed by atoms with E-state index in [9.17, 15) is 9.59 Å². The quantitative estimate of drug-likeness (QED) is 0.253. The SMILES string of the molecule is CC(=O)O.N=C(N)c1ccc(C2=NO[C@@H](CC(=O)C(N)[C@H](N)C(=O)O)C2)cc1. The third-order valence-corrected chi connectivity index (χ3v) is 3.73. The van der Waals surface area contributed by atoms with E-state index in [2.05, 4.69) is 5.16 Å². The van der Waals surface area contributed by atoms with Crippen LogP contribution in [0.3, 0.4) is 0 Å². The van der Waals surface area contributed by atoms with Crippen molar-refractivity contribution in [2.75, 3.05) is 0 Å². The number of nitrogen functional groups attached to an aromatic ring is 1. The second-order valence-corrected chi connectivity index (χ2v) is 6.04. The first-order chi connectivity index (χ1) is 13.0. The van der Waals surface area contributed by atoms with Crippen LogP contribution < -0.4 is 17.2 Å². The Kier molecular flexibility index (Phi) is 8.23. The number of ketones is 1. The summed E-state index contributed by atoms with van der Waals surface area (Å²) in [6.45, 7) is 1.08. The van der Waals surface area contributed by atoms with Crippen molar-refractivity contribution in [2.45, 2.75) is 38.0 Å². The smallest absolute Gasteiger partial charge is 0.322 e. The van der Waals surface area contributed by atoms with Crippen LogP contribution in [0.2, 0.25) is 0 Å². The zero-order chi connectivity index (χ0) is 21.4. The highest BCUT2D eigenvalue weighted by Crippen LogP contribution is 2.20. The van der Waals surface area contributed by atoms with Gasteiger partial charge in [0, 0.05) is 25.3 Å². The summed E-state index contributed by atoms with van der Waals surface area (Å²) in [5, 5.41) is 27.5. The number of nitrogens with zero attached hydrogens (tertiary/aromatic N) is 1. The number of carboxylic acids is 2. The van der Waals surface area contributed by atoms with Crippen LogP contribution >= 0.6 is 0 Å². The molecule has 0 saturated heterocycles. The van der Waals surface area contributed by atoms with E-state index < -0.39 is 35.9 Å². The Morgan fingerprint density at radius 1 is 1.21 bits per heavy atom. The Balaban J connectivity index is 0.000000892. The summed E-state index contributed by atoms with van der Waals surface area (Å²) < 4.78 is 0. The van der Waals surface area contributed by atoms with Gasteiger partial charge in [-0.1, -0.05) is 29.4 Å². The van der Waals surface area contributed by atoms with E-state index in [4.69, 9.17) is 42.5 Å². The van der Waals surface area contributed by atoms with Crippen LogP contribution in [-0.2, 0) is 19.2 Å². The van der Waals surface area contributed by atoms with Gasteiger partial charge in [0.15, 0.2) is 5.78 Å². The molecule has 1 aliphatic heterocycles. The van der Waals surface area contributed by atoms with Crippen molar-refractivity contribution in [3.8, 4) is 0 Å². The van der Waals surface area contributed by atoms with Gasteiger partial charge in [0.25, 0.3) is 5.97 Å². The minimum atomic E-state index is -1.45. The van der Waals surface area contributed by atoms with Gasteiger partial charge in [-0.15, -0.1) is 0 Å². The summed E-state index contributed by atoms with van der Waals surface area (Å²) in [6.07, 6.45) is -0.187. The summed E-state index contributed by atoms with van der Waals surface area (Å²) in [5.74, 6) is -2.68. The first-order valence-corrected chi connectivity index (χ1v) is 8.16.